The van der Waals surface area contributed by atoms with Gasteiger partial charge in [0.15, 0.2) is 0 Å². The van der Waals surface area contributed by atoms with Gasteiger partial charge in [0.2, 0.25) is 0 Å². The number of rotatable bonds is 2. The lowest BCUT2D eigenvalue weighted by molar-refractivity contribution is -0.131. The van der Waals surface area contributed by atoms with E-state index in [2.05, 4.69) is 0 Å². The van der Waals surface area contributed by atoms with Gasteiger partial charge in [-0.15, -0.1) is 0 Å². The summed E-state index contributed by atoms with van der Waals surface area (Å²) in [4.78, 5) is 23.6. The van der Waals surface area contributed by atoms with Crippen LogP contribution in [0.25, 0.3) is 21.7 Å². The maximum Gasteiger partial charge on any atom is 0.344 e. The van der Waals surface area contributed by atoms with Gasteiger partial charge in [-0.3, -0.25) is 4.79 Å². The third-order valence-corrected chi connectivity index (χ3v) is 4.18. The van der Waals surface area contributed by atoms with Crippen molar-refractivity contribution in [2.75, 3.05) is 7.11 Å². The molecule has 5 heteroatoms. The van der Waals surface area contributed by atoms with Crippen LogP contribution in [0.15, 0.2) is 33.5 Å². The second kappa shape index (κ2) is 4.84. The molecule has 2 aromatic carbocycles. The average molecular weight is 310 g/mol. The molecule has 0 fully saturated rings. The summed E-state index contributed by atoms with van der Waals surface area (Å²) < 4.78 is 15.9. The highest BCUT2D eigenvalue weighted by Crippen LogP contribution is 2.38. The van der Waals surface area contributed by atoms with E-state index in [1.165, 1.54) is 6.92 Å². The number of ether oxygens (including phenoxy) is 2. The Labute approximate surface area is 131 Å². The molecule has 0 unspecified atom stereocenters. The van der Waals surface area contributed by atoms with Crippen LogP contribution in [-0.4, -0.2) is 13.1 Å². The normalized spacial score (nSPS) is 12.8. The zero-order valence-electron chi connectivity index (χ0n) is 12.8. The Morgan fingerprint density at radius 1 is 1.04 bits per heavy atom. The SMILES string of the molecule is COc1cc2c3c(c1)oc(=O)c1cc(OC(C)=O)cc(c13)CC2. The number of aryl methyl sites for hydroxylation is 2. The summed E-state index contributed by atoms with van der Waals surface area (Å²) in [7, 11) is 1.59. The van der Waals surface area contributed by atoms with Crippen molar-refractivity contribution in [1.29, 1.82) is 0 Å². The molecular formula is C18H14O5. The second-order valence-electron chi connectivity index (χ2n) is 5.65. The van der Waals surface area contributed by atoms with Gasteiger partial charge in [0, 0.05) is 23.8 Å². The van der Waals surface area contributed by atoms with Crippen molar-refractivity contribution in [1.82, 2.24) is 0 Å². The molecule has 1 aromatic heterocycles. The van der Waals surface area contributed by atoms with E-state index < -0.39 is 11.6 Å². The molecule has 4 rings (SSSR count). The van der Waals surface area contributed by atoms with Crippen LogP contribution in [-0.2, 0) is 17.6 Å². The molecule has 0 N–H and O–H groups in total. The minimum Gasteiger partial charge on any atom is -0.497 e. The summed E-state index contributed by atoms with van der Waals surface area (Å²) in [5, 5.41) is 2.27. The van der Waals surface area contributed by atoms with Crippen LogP contribution in [0.4, 0.5) is 0 Å². The maximum atomic E-state index is 12.4. The molecule has 0 radical (unpaired) electrons. The molecule has 3 aromatic rings. The molecule has 23 heavy (non-hydrogen) atoms. The van der Waals surface area contributed by atoms with Crippen molar-refractivity contribution in [2.24, 2.45) is 0 Å². The molecule has 1 aliphatic rings. The van der Waals surface area contributed by atoms with Gasteiger partial charge in [-0.1, -0.05) is 0 Å². The second-order valence-corrected chi connectivity index (χ2v) is 5.65. The smallest absolute Gasteiger partial charge is 0.344 e. The van der Waals surface area contributed by atoms with E-state index in [4.69, 9.17) is 13.9 Å². The predicted octanol–water partition coefficient (Wildman–Crippen LogP) is 2.98. The van der Waals surface area contributed by atoms with Gasteiger partial charge < -0.3 is 13.9 Å². The van der Waals surface area contributed by atoms with Crippen molar-refractivity contribution >= 4 is 27.7 Å². The first-order valence-electron chi connectivity index (χ1n) is 7.35. The fourth-order valence-electron chi connectivity index (χ4n) is 3.30. The van der Waals surface area contributed by atoms with Crippen LogP contribution < -0.4 is 15.1 Å². The van der Waals surface area contributed by atoms with Crippen LogP contribution in [0.5, 0.6) is 11.5 Å². The minimum absolute atomic E-state index is 0.378. The van der Waals surface area contributed by atoms with Gasteiger partial charge >= 0.3 is 11.6 Å². The summed E-state index contributed by atoms with van der Waals surface area (Å²) in [6, 6.07) is 7.11. The zero-order valence-corrected chi connectivity index (χ0v) is 12.8. The Morgan fingerprint density at radius 3 is 2.43 bits per heavy atom. The zero-order chi connectivity index (χ0) is 16.1. The third-order valence-electron chi connectivity index (χ3n) is 4.18. The number of benzene rings is 2. The molecule has 0 saturated heterocycles. The molecule has 0 saturated carbocycles. The number of methoxy groups -OCH3 is 1. The average Bonchev–Trinajstić information content (AvgIpc) is 2.52. The first kappa shape index (κ1) is 13.8. The van der Waals surface area contributed by atoms with E-state index in [1.54, 1.807) is 19.2 Å². The molecule has 1 aliphatic carbocycles. The molecule has 0 bridgehead atoms. The Balaban J connectivity index is 2.13. The fraction of sp³-hybridized carbons (Fsp3) is 0.222. The molecule has 116 valence electrons. The van der Waals surface area contributed by atoms with Crippen molar-refractivity contribution in [3.05, 3.63) is 45.8 Å². The third kappa shape index (κ3) is 2.08. The Kier molecular flexibility index (Phi) is 2.91. The molecule has 5 nitrogen and oxygen atoms in total. The number of hydrogen-bond acceptors (Lipinski definition) is 5. The number of esters is 1. The molecule has 0 spiro atoms. The molecule has 0 atom stereocenters. The number of hydrogen-bond donors (Lipinski definition) is 0. The van der Waals surface area contributed by atoms with E-state index in [0.717, 1.165) is 34.7 Å². The van der Waals surface area contributed by atoms with E-state index in [0.29, 0.717) is 22.5 Å². The topological polar surface area (TPSA) is 65.7 Å². The van der Waals surface area contributed by atoms with E-state index in [9.17, 15) is 9.59 Å². The first-order chi connectivity index (χ1) is 11.1. The van der Waals surface area contributed by atoms with E-state index >= 15 is 0 Å². The van der Waals surface area contributed by atoms with Gasteiger partial charge in [-0.2, -0.15) is 0 Å². The van der Waals surface area contributed by atoms with Crippen LogP contribution in [0.2, 0.25) is 0 Å². The first-order valence-corrected chi connectivity index (χ1v) is 7.35. The van der Waals surface area contributed by atoms with E-state index in [-0.39, 0.29) is 0 Å². The van der Waals surface area contributed by atoms with E-state index in [1.807, 2.05) is 12.1 Å². The van der Waals surface area contributed by atoms with Gasteiger partial charge in [-0.05, 0) is 42.2 Å². The highest BCUT2D eigenvalue weighted by atomic mass is 16.5. The van der Waals surface area contributed by atoms with Crippen LogP contribution in [0.3, 0.4) is 0 Å². The monoisotopic (exact) mass is 310 g/mol. The molecule has 1 heterocycles. The highest BCUT2D eigenvalue weighted by Gasteiger charge is 2.21. The standard InChI is InChI=1S/C18H14O5/c1-9(19)22-13-6-10-3-4-11-5-12(21-2)8-15-17(11)16(10)14(7-13)18(20)23-15/h5-8H,3-4H2,1-2H3. The Hall–Kier alpha value is -2.82. The number of carbonyl (C=O) groups is 1. The molecule has 0 aliphatic heterocycles. The van der Waals surface area contributed by atoms with Gasteiger partial charge in [0.05, 0.1) is 12.5 Å². The van der Waals surface area contributed by atoms with Crippen LogP contribution in [0.1, 0.15) is 18.1 Å². The predicted molar refractivity (Wildman–Crippen MR) is 85.3 cm³/mol. The molecular weight excluding hydrogens is 296 g/mol. The summed E-state index contributed by atoms with van der Waals surface area (Å²) in [5.41, 5.74) is 2.18. The van der Waals surface area contributed by atoms with Gasteiger partial charge in [0.1, 0.15) is 17.1 Å². The fourth-order valence-corrected chi connectivity index (χ4v) is 3.30. The quantitative estimate of drug-likeness (QED) is 0.315. The van der Waals surface area contributed by atoms with Crippen molar-refractivity contribution in [3.8, 4) is 11.5 Å². The summed E-state index contributed by atoms with van der Waals surface area (Å²) in [5.74, 6) is 0.640. The molecule has 0 amide bonds. The Bertz CT molecular complexity index is 1030. The largest absolute Gasteiger partial charge is 0.497 e. The Morgan fingerprint density at radius 2 is 1.74 bits per heavy atom. The lowest BCUT2D eigenvalue weighted by atomic mass is 9.88. The maximum absolute atomic E-state index is 12.4. The summed E-state index contributed by atoms with van der Waals surface area (Å²) >= 11 is 0. The van der Waals surface area contributed by atoms with Crippen LogP contribution >= 0.6 is 0 Å². The van der Waals surface area contributed by atoms with Gasteiger partial charge in [-0.25, -0.2) is 4.79 Å². The lowest BCUT2D eigenvalue weighted by Crippen LogP contribution is -2.10. The van der Waals surface area contributed by atoms with Crippen molar-refractivity contribution in [2.45, 2.75) is 19.8 Å². The lowest BCUT2D eigenvalue weighted by Gasteiger charge is -2.19. The minimum atomic E-state index is -0.441. The summed E-state index contributed by atoms with van der Waals surface area (Å²) in [6.45, 7) is 1.34. The van der Waals surface area contributed by atoms with Crippen molar-refractivity contribution in [3.63, 3.8) is 0 Å². The summed E-state index contributed by atoms with van der Waals surface area (Å²) in [6.07, 6.45) is 1.58. The van der Waals surface area contributed by atoms with Gasteiger partial charge in [0.25, 0.3) is 0 Å². The number of carbonyl (C=O) groups excluding carboxylic acids is 1. The highest BCUT2D eigenvalue weighted by molar-refractivity contribution is 6.09. The van der Waals surface area contributed by atoms with Crippen molar-refractivity contribution < 1.29 is 18.7 Å². The van der Waals surface area contributed by atoms with Crippen LogP contribution in [0, 0.1) is 0 Å².